The molecule has 24 heavy (non-hydrogen) atoms. The number of nitrogens with zero attached hydrogens (tertiary/aromatic N) is 1. The zero-order valence-electron chi connectivity index (χ0n) is 14.2. The fourth-order valence-electron chi connectivity index (χ4n) is 2.96. The second kappa shape index (κ2) is 8.97. The maximum absolute atomic E-state index is 12.5. The average molecular weight is 351 g/mol. The molecule has 0 radical (unpaired) electrons. The lowest BCUT2D eigenvalue weighted by Gasteiger charge is -2.16. The molecular weight excluding hydrogens is 326 g/mol. The van der Waals surface area contributed by atoms with Crippen LogP contribution in [0.25, 0.3) is 0 Å². The number of rotatable bonds is 9. The molecule has 0 saturated carbocycles. The monoisotopic (exact) mass is 351 g/mol. The van der Waals surface area contributed by atoms with Gasteiger partial charge in [-0.05, 0) is 30.1 Å². The lowest BCUT2D eigenvalue weighted by molar-refractivity contribution is -0.143. The first-order valence-corrected chi connectivity index (χ1v) is 9.91. The summed E-state index contributed by atoms with van der Waals surface area (Å²) in [6, 6.07) is 0. The van der Waals surface area contributed by atoms with E-state index in [1.54, 1.807) is 6.92 Å². The average Bonchev–Trinajstić information content (AvgIpc) is 3.08. The van der Waals surface area contributed by atoms with Crippen molar-refractivity contribution >= 4 is 34.1 Å². The van der Waals surface area contributed by atoms with Gasteiger partial charge >= 0.3 is 5.97 Å². The number of carbonyl (C=O) groups excluding carboxylic acids is 3. The number of amides is 2. The third-order valence-corrected chi connectivity index (χ3v) is 5.72. The van der Waals surface area contributed by atoms with Gasteiger partial charge in [-0.1, -0.05) is 30.9 Å². The van der Waals surface area contributed by atoms with Gasteiger partial charge in [0, 0.05) is 19.4 Å². The van der Waals surface area contributed by atoms with Gasteiger partial charge in [0.2, 0.25) is 11.8 Å². The Bertz CT molecular complexity index is 594. The molecule has 0 aromatic carbocycles. The van der Waals surface area contributed by atoms with Gasteiger partial charge in [0.25, 0.3) is 0 Å². The molecule has 0 bridgehead atoms. The van der Waals surface area contributed by atoms with Crippen LogP contribution in [0.3, 0.4) is 0 Å². The highest BCUT2D eigenvalue weighted by molar-refractivity contribution is 8.20. The summed E-state index contributed by atoms with van der Waals surface area (Å²) in [5.74, 6) is 3.38. The van der Waals surface area contributed by atoms with Gasteiger partial charge in [-0.2, -0.15) is 0 Å². The Hall–Kier alpha value is -1.69. The largest absolute Gasteiger partial charge is 0.466 e. The van der Waals surface area contributed by atoms with Crippen LogP contribution in [0.4, 0.5) is 0 Å². The minimum absolute atomic E-state index is 0.0809. The third-order valence-electron chi connectivity index (χ3n) is 4.21. The lowest BCUT2D eigenvalue weighted by atomic mass is 10.1. The molecule has 0 aromatic heterocycles. The summed E-state index contributed by atoms with van der Waals surface area (Å²) in [5.41, 5.74) is 0. The van der Waals surface area contributed by atoms with Crippen molar-refractivity contribution in [1.29, 1.82) is 0 Å². The van der Waals surface area contributed by atoms with Gasteiger partial charge in [-0.3, -0.25) is 19.3 Å². The van der Waals surface area contributed by atoms with E-state index in [1.165, 1.54) is 4.90 Å². The zero-order chi connectivity index (χ0) is 17.5. The smallest absolute Gasteiger partial charge is 0.305 e. The van der Waals surface area contributed by atoms with Crippen LogP contribution in [-0.4, -0.2) is 41.7 Å². The van der Waals surface area contributed by atoms with E-state index in [1.807, 2.05) is 17.6 Å². The molecule has 2 atom stereocenters. The summed E-state index contributed by atoms with van der Waals surface area (Å²) in [6.45, 7) is 2.68. The van der Waals surface area contributed by atoms with Gasteiger partial charge in [0.1, 0.15) is 0 Å². The normalized spacial score (nSPS) is 23.0. The molecule has 2 heterocycles. The second-order valence-electron chi connectivity index (χ2n) is 5.94. The number of ether oxygens (including phenoxy) is 1. The van der Waals surface area contributed by atoms with E-state index >= 15 is 0 Å². The summed E-state index contributed by atoms with van der Waals surface area (Å²) in [6.07, 6.45) is 7.90. The van der Waals surface area contributed by atoms with Crippen molar-refractivity contribution in [3.63, 3.8) is 0 Å². The van der Waals surface area contributed by atoms with Gasteiger partial charge in [-0.25, -0.2) is 0 Å². The van der Waals surface area contributed by atoms with Crippen LogP contribution in [0.5, 0.6) is 0 Å². The first-order chi connectivity index (χ1) is 11.5. The van der Waals surface area contributed by atoms with E-state index in [0.29, 0.717) is 19.6 Å². The summed E-state index contributed by atoms with van der Waals surface area (Å²) < 4.78 is 4.88. The van der Waals surface area contributed by atoms with Gasteiger partial charge in [0.15, 0.2) is 0 Å². The number of unbranched alkanes of at least 4 members (excludes halogenated alkanes) is 3. The Morgan fingerprint density at radius 3 is 2.75 bits per heavy atom. The number of esters is 1. The Balaban J connectivity index is 1.70. The predicted molar refractivity (Wildman–Crippen MR) is 96.5 cm³/mol. The molecular formula is C18H25NO4S. The molecule has 2 rings (SSSR count). The quantitative estimate of drug-likeness (QED) is 0.277. The third kappa shape index (κ3) is 4.66. The Kier molecular flexibility index (Phi) is 6.97. The SMILES string of the molecule is C=S1C=CC=C1C1CC(=O)N(CCCCCCC(=O)OCC)C1=O. The van der Waals surface area contributed by atoms with Crippen LogP contribution in [-0.2, 0) is 19.1 Å². The molecule has 0 aromatic rings. The van der Waals surface area contributed by atoms with Crippen molar-refractivity contribution in [2.45, 2.75) is 45.4 Å². The fourth-order valence-corrected chi connectivity index (χ4v) is 4.19. The highest BCUT2D eigenvalue weighted by atomic mass is 32.2. The highest BCUT2D eigenvalue weighted by Crippen LogP contribution is 2.40. The van der Waals surface area contributed by atoms with Gasteiger partial charge in [-0.15, -0.1) is 10.5 Å². The number of carbonyl (C=O) groups is 3. The Labute approximate surface area is 145 Å². The molecule has 1 saturated heterocycles. The summed E-state index contributed by atoms with van der Waals surface area (Å²) in [5, 5.41) is 1.97. The molecule has 5 nitrogen and oxygen atoms in total. The van der Waals surface area contributed by atoms with Crippen LogP contribution < -0.4 is 0 Å². The first-order valence-electron chi connectivity index (χ1n) is 8.45. The summed E-state index contributed by atoms with van der Waals surface area (Å²) >= 11 is 0. The van der Waals surface area contributed by atoms with Crippen molar-refractivity contribution in [1.82, 2.24) is 4.90 Å². The van der Waals surface area contributed by atoms with Crippen LogP contribution in [0.15, 0.2) is 22.5 Å². The molecule has 2 unspecified atom stereocenters. The summed E-state index contributed by atoms with van der Waals surface area (Å²) in [7, 11) is -0.280. The molecule has 132 valence electrons. The molecule has 2 aliphatic heterocycles. The van der Waals surface area contributed by atoms with Crippen LogP contribution in [0.1, 0.15) is 45.4 Å². The predicted octanol–water partition coefficient (Wildman–Crippen LogP) is 2.99. The molecule has 1 fully saturated rings. The minimum atomic E-state index is -0.322. The van der Waals surface area contributed by atoms with Gasteiger partial charge in [0.05, 0.1) is 12.5 Å². The molecule has 0 spiro atoms. The zero-order valence-corrected chi connectivity index (χ0v) is 15.0. The summed E-state index contributed by atoms with van der Waals surface area (Å²) in [4.78, 5) is 38.2. The van der Waals surface area contributed by atoms with E-state index in [4.69, 9.17) is 4.74 Å². The number of allylic oxidation sites excluding steroid dienone is 2. The Morgan fingerprint density at radius 1 is 1.33 bits per heavy atom. The topological polar surface area (TPSA) is 63.7 Å². The maximum atomic E-state index is 12.5. The number of hydrogen-bond acceptors (Lipinski definition) is 4. The minimum Gasteiger partial charge on any atom is -0.466 e. The number of hydrogen-bond donors (Lipinski definition) is 0. The van der Waals surface area contributed by atoms with Crippen molar-refractivity contribution in [2.24, 2.45) is 5.92 Å². The standard InChI is InChI=1S/C18H25NO4S/c1-3-23-17(21)10-6-4-5-7-11-19-16(20)13-14(18(19)22)15-9-8-12-24(15)2/h8-9,12,14H,2-7,10-11,13H2,1H3. The van der Waals surface area contributed by atoms with Crippen LogP contribution >= 0.6 is 10.5 Å². The molecule has 0 aliphatic carbocycles. The van der Waals surface area contributed by atoms with Crippen molar-refractivity contribution in [3.8, 4) is 0 Å². The van der Waals surface area contributed by atoms with E-state index < -0.39 is 0 Å². The van der Waals surface area contributed by atoms with E-state index in [2.05, 4.69) is 5.87 Å². The van der Waals surface area contributed by atoms with Crippen molar-refractivity contribution < 1.29 is 19.1 Å². The highest BCUT2D eigenvalue weighted by Gasteiger charge is 2.40. The lowest BCUT2D eigenvalue weighted by Crippen LogP contribution is -2.31. The van der Waals surface area contributed by atoms with E-state index in [0.717, 1.165) is 30.6 Å². The maximum Gasteiger partial charge on any atom is 0.305 e. The van der Waals surface area contributed by atoms with Crippen molar-refractivity contribution in [3.05, 3.63) is 22.5 Å². The number of likely N-dealkylation sites (tertiary alicyclic amines) is 1. The van der Waals surface area contributed by atoms with Gasteiger partial charge < -0.3 is 4.74 Å². The van der Waals surface area contributed by atoms with E-state index in [9.17, 15) is 14.4 Å². The second-order valence-corrected chi connectivity index (χ2v) is 7.54. The van der Waals surface area contributed by atoms with Crippen LogP contribution in [0.2, 0.25) is 0 Å². The molecule has 2 aliphatic rings. The van der Waals surface area contributed by atoms with Crippen molar-refractivity contribution in [2.75, 3.05) is 13.2 Å². The number of imide groups is 1. The molecule has 6 heteroatoms. The van der Waals surface area contributed by atoms with E-state index in [-0.39, 0.29) is 40.6 Å². The molecule has 0 N–H and O–H groups in total. The van der Waals surface area contributed by atoms with Crippen LogP contribution in [0, 0.1) is 5.92 Å². The first kappa shape index (κ1) is 18.6. The fraction of sp³-hybridized carbons (Fsp3) is 0.556. The Morgan fingerprint density at radius 2 is 2.08 bits per heavy atom. The molecule has 2 amide bonds.